The van der Waals surface area contributed by atoms with Crippen LogP contribution in [0.1, 0.15) is 15.9 Å². The molecule has 0 heterocycles. The molecule has 0 atom stereocenters. The largest absolute Gasteiger partial charge is 0.484 e. The SMILES string of the molecule is N#Cc1ccccc1OCC(=O)c1cc(Cl)ccc1Cl. The first-order valence-electron chi connectivity index (χ1n) is 5.72. The first-order valence-corrected chi connectivity index (χ1v) is 6.47. The van der Waals surface area contributed by atoms with Gasteiger partial charge in [0.1, 0.15) is 11.8 Å². The Balaban J connectivity index is 2.13. The van der Waals surface area contributed by atoms with E-state index < -0.39 is 0 Å². The predicted octanol–water partition coefficient (Wildman–Crippen LogP) is 4.13. The van der Waals surface area contributed by atoms with Crippen LogP contribution in [0.3, 0.4) is 0 Å². The molecule has 0 bridgehead atoms. The molecule has 0 aromatic heterocycles. The average Bonchev–Trinajstić information content (AvgIpc) is 2.47. The van der Waals surface area contributed by atoms with E-state index in [0.29, 0.717) is 26.9 Å². The minimum atomic E-state index is -0.301. The third kappa shape index (κ3) is 3.30. The zero-order valence-corrected chi connectivity index (χ0v) is 11.8. The topological polar surface area (TPSA) is 50.1 Å². The molecule has 0 spiro atoms. The number of nitrogens with zero attached hydrogens (tertiary/aromatic N) is 1. The van der Waals surface area contributed by atoms with E-state index >= 15 is 0 Å². The van der Waals surface area contributed by atoms with Crippen molar-refractivity contribution in [2.75, 3.05) is 6.61 Å². The van der Waals surface area contributed by atoms with Crippen molar-refractivity contribution < 1.29 is 9.53 Å². The van der Waals surface area contributed by atoms with E-state index in [2.05, 4.69) is 0 Å². The number of rotatable bonds is 4. The van der Waals surface area contributed by atoms with E-state index in [9.17, 15) is 4.79 Å². The van der Waals surface area contributed by atoms with Gasteiger partial charge in [-0.1, -0.05) is 35.3 Å². The number of carbonyl (C=O) groups excluding carboxylic acids is 1. The Hall–Kier alpha value is -2.02. The second-order valence-corrected chi connectivity index (χ2v) is 4.79. The molecule has 5 heteroatoms. The molecule has 0 saturated heterocycles. The lowest BCUT2D eigenvalue weighted by Crippen LogP contribution is -2.12. The number of benzene rings is 2. The second kappa shape index (κ2) is 6.42. The molecule has 0 saturated carbocycles. The molecule has 0 aliphatic rings. The highest BCUT2D eigenvalue weighted by Gasteiger charge is 2.13. The van der Waals surface area contributed by atoms with Gasteiger partial charge in [-0.25, -0.2) is 0 Å². The first kappa shape index (κ1) is 14.4. The Kier molecular flexibility index (Phi) is 4.62. The molecule has 0 N–H and O–H groups in total. The predicted molar refractivity (Wildman–Crippen MR) is 77.4 cm³/mol. The van der Waals surface area contributed by atoms with Crippen LogP contribution in [0.15, 0.2) is 42.5 Å². The molecule has 0 fully saturated rings. The van der Waals surface area contributed by atoms with Crippen molar-refractivity contribution in [1.82, 2.24) is 0 Å². The summed E-state index contributed by atoms with van der Waals surface area (Å²) in [4.78, 5) is 12.0. The maximum Gasteiger partial charge on any atom is 0.201 e. The van der Waals surface area contributed by atoms with Crippen molar-refractivity contribution in [3.8, 4) is 11.8 Å². The van der Waals surface area contributed by atoms with Gasteiger partial charge in [0, 0.05) is 10.6 Å². The van der Waals surface area contributed by atoms with Crippen molar-refractivity contribution in [3.05, 3.63) is 63.6 Å². The molecule has 0 unspecified atom stereocenters. The molecule has 2 aromatic rings. The summed E-state index contributed by atoms with van der Waals surface area (Å²) in [6, 6.07) is 13.3. The number of hydrogen-bond donors (Lipinski definition) is 0. The summed E-state index contributed by atoms with van der Waals surface area (Å²) in [6.07, 6.45) is 0. The fraction of sp³-hybridized carbons (Fsp3) is 0.0667. The van der Waals surface area contributed by atoms with Gasteiger partial charge in [-0.05, 0) is 30.3 Å². The van der Waals surface area contributed by atoms with Gasteiger partial charge in [0.05, 0.1) is 10.6 Å². The molecule has 100 valence electrons. The number of halogens is 2. The average molecular weight is 306 g/mol. The van der Waals surface area contributed by atoms with Crippen LogP contribution < -0.4 is 4.74 Å². The summed E-state index contributed by atoms with van der Waals surface area (Å²) in [5.41, 5.74) is 0.672. The number of ether oxygens (including phenoxy) is 1. The molecule has 0 aliphatic heterocycles. The minimum Gasteiger partial charge on any atom is -0.484 e. The van der Waals surface area contributed by atoms with Crippen LogP contribution in [0.4, 0.5) is 0 Å². The molecule has 0 amide bonds. The van der Waals surface area contributed by atoms with E-state index in [1.807, 2.05) is 6.07 Å². The number of Topliss-reactive ketones (excluding diaryl/α,β-unsaturated/α-hetero) is 1. The Morgan fingerprint density at radius 3 is 2.70 bits per heavy atom. The lowest BCUT2D eigenvalue weighted by atomic mass is 10.1. The molecular weight excluding hydrogens is 297 g/mol. The lowest BCUT2D eigenvalue weighted by Gasteiger charge is -2.08. The fourth-order valence-corrected chi connectivity index (χ4v) is 2.01. The van der Waals surface area contributed by atoms with Gasteiger partial charge >= 0.3 is 0 Å². The van der Waals surface area contributed by atoms with E-state index in [0.717, 1.165) is 0 Å². The van der Waals surface area contributed by atoms with E-state index in [-0.39, 0.29) is 12.4 Å². The summed E-state index contributed by atoms with van der Waals surface area (Å²) in [7, 11) is 0. The van der Waals surface area contributed by atoms with Crippen molar-refractivity contribution in [2.45, 2.75) is 0 Å². The normalized spacial score (nSPS) is 9.85. The van der Waals surface area contributed by atoms with Gasteiger partial charge in [-0.2, -0.15) is 5.26 Å². The van der Waals surface area contributed by atoms with Gasteiger partial charge < -0.3 is 4.74 Å². The minimum absolute atomic E-state index is 0.210. The van der Waals surface area contributed by atoms with Crippen LogP contribution in [-0.4, -0.2) is 12.4 Å². The van der Waals surface area contributed by atoms with Gasteiger partial charge in [-0.15, -0.1) is 0 Å². The van der Waals surface area contributed by atoms with E-state index in [1.54, 1.807) is 36.4 Å². The van der Waals surface area contributed by atoms with Crippen molar-refractivity contribution >= 4 is 29.0 Å². The molecular formula is C15H9Cl2NO2. The Morgan fingerprint density at radius 1 is 1.20 bits per heavy atom. The Morgan fingerprint density at radius 2 is 1.95 bits per heavy atom. The smallest absolute Gasteiger partial charge is 0.201 e. The van der Waals surface area contributed by atoms with Crippen LogP contribution in [0.5, 0.6) is 5.75 Å². The highest BCUT2D eigenvalue weighted by atomic mass is 35.5. The molecule has 3 nitrogen and oxygen atoms in total. The van der Waals surface area contributed by atoms with Gasteiger partial charge in [-0.3, -0.25) is 4.79 Å². The molecule has 0 aliphatic carbocycles. The number of hydrogen-bond acceptors (Lipinski definition) is 3. The highest BCUT2D eigenvalue weighted by Crippen LogP contribution is 2.22. The summed E-state index contributed by atoms with van der Waals surface area (Å²) < 4.78 is 5.37. The first-order chi connectivity index (χ1) is 9.61. The van der Waals surface area contributed by atoms with Crippen LogP contribution in [0.25, 0.3) is 0 Å². The zero-order chi connectivity index (χ0) is 14.5. The molecule has 2 aromatic carbocycles. The molecule has 20 heavy (non-hydrogen) atoms. The quantitative estimate of drug-likeness (QED) is 0.798. The van der Waals surface area contributed by atoms with Crippen molar-refractivity contribution in [1.29, 1.82) is 5.26 Å². The summed E-state index contributed by atoms with van der Waals surface area (Å²) in [5, 5.41) is 9.67. The van der Waals surface area contributed by atoms with Gasteiger partial charge in [0.2, 0.25) is 5.78 Å². The third-order valence-electron chi connectivity index (χ3n) is 2.60. The molecule has 2 rings (SSSR count). The van der Waals surface area contributed by atoms with Gasteiger partial charge in [0.25, 0.3) is 0 Å². The number of nitriles is 1. The van der Waals surface area contributed by atoms with Crippen LogP contribution in [-0.2, 0) is 0 Å². The zero-order valence-electron chi connectivity index (χ0n) is 10.3. The highest BCUT2D eigenvalue weighted by molar-refractivity contribution is 6.35. The van der Waals surface area contributed by atoms with E-state index in [1.165, 1.54) is 6.07 Å². The molecule has 0 radical (unpaired) electrons. The van der Waals surface area contributed by atoms with Crippen molar-refractivity contribution in [2.24, 2.45) is 0 Å². The van der Waals surface area contributed by atoms with E-state index in [4.69, 9.17) is 33.2 Å². The lowest BCUT2D eigenvalue weighted by molar-refractivity contribution is 0.0921. The maximum atomic E-state index is 12.0. The van der Waals surface area contributed by atoms with Gasteiger partial charge in [0.15, 0.2) is 6.61 Å². The standard InChI is InChI=1S/C15H9Cl2NO2/c16-11-5-6-13(17)12(7-11)14(19)9-20-15-4-2-1-3-10(15)8-18/h1-7H,9H2. The summed E-state index contributed by atoms with van der Waals surface area (Å²) in [5.74, 6) is 0.0618. The van der Waals surface area contributed by atoms with Crippen LogP contribution in [0, 0.1) is 11.3 Å². The Labute approximate surface area is 126 Å². The second-order valence-electron chi connectivity index (χ2n) is 3.94. The number of carbonyl (C=O) groups is 1. The Bertz CT molecular complexity index is 693. The number of ketones is 1. The van der Waals surface area contributed by atoms with Crippen molar-refractivity contribution in [3.63, 3.8) is 0 Å². The van der Waals surface area contributed by atoms with Crippen LogP contribution >= 0.6 is 23.2 Å². The summed E-state index contributed by atoms with van der Waals surface area (Å²) >= 11 is 11.8. The monoisotopic (exact) mass is 305 g/mol. The fourth-order valence-electron chi connectivity index (χ4n) is 1.62. The summed E-state index contributed by atoms with van der Waals surface area (Å²) in [6.45, 7) is -0.210. The van der Waals surface area contributed by atoms with Crippen LogP contribution in [0.2, 0.25) is 10.0 Å². The number of para-hydroxylation sites is 1. The third-order valence-corrected chi connectivity index (χ3v) is 3.16. The maximum absolute atomic E-state index is 12.0.